The molecular weight excluding hydrogens is 156 g/mol. The van der Waals surface area contributed by atoms with Gasteiger partial charge in [-0.05, 0) is 17.8 Å². The zero-order valence-electron chi connectivity index (χ0n) is 10.3. The fourth-order valence-corrected chi connectivity index (χ4v) is 1.78. The molecule has 0 aliphatic heterocycles. The lowest BCUT2D eigenvalue weighted by Gasteiger charge is -2.32. The van der Waals surface area contributed by atoms with Crippen molar-refractivity contribution in [2.75, 3.05) is 0 Å². The molecule has 1 unspecified atom stereocenters. The third kappa shape index (κ3) is 5.33. The lowest BCUT2D eigenvalue weighted by Crippen LogP contribution is -2.21. The Hall–Kier alpha value is 0. The Labute approximate surface area is 85.1 Å². The second-order valence-electron chi connectivity index (χ2n) is 5.14. The summed E-state index contributed by atoms with van der Waals surface area (Å²) in [4.78, 5) is 0. The van der Waals surface area contributed by atoms with Gasteiger partial charge < -0.3 is 0 Å². The molecule has 0 bridgehead atoms. The molecule has 0 amide bonds. The molecule has 0 N–H and O–H groups in total. The van der Waals surface area contributed by atoms with E-state index in [9.17, 15) is 0 Å². The first kappa shape index (κ1) is 13.0. The van der Waals surface area contributed by atoms with Gasteiger partial charge in [0.25, 0.3) is 0 Å². The smallest absolute Gasteiger partial charge is 0.0329 e. The Morgan fingerprint density at radius 1 is 1.00 bits per heavy atom. The average Bonchev–Trinajstić information content (AvgIpc) is 2.10. The highest BCUT2D eigenvalue weighted by Crippen LogP contribution is 2.35. The largest absolute Gasteiger partial charge is 0.0654 e. The monoisotopic (exact) mass is 184 g/mol. The second kappa shape index (κ2) is 6.45. The van der Waals surface area contributed by atoms with Crippen molar-refractivity contribution in [2.24, 2.45) is 11.3 Å². The van der Waals surface area contributed by atoms with Crippen LogP contribution in [0.1, 0.15) is 73.1 Å². The molecule has 0 heteroatoms. The van der Waals surface area contributed by atoms with Gasteiger partial charge in [0.05, 0.1) is 0 Å². The minimum absolute atomic E-state index is 0.561. The van der Waals surface area contributed by atoms with Gasteiger partial charge in [-0.15, -0.1) is 0 Å². The molecular formula is C13H28. The van der Waals surface area contributed by atoms with Crippen molar-refractivity contribution in [1.29, 1.82) is 0 Å². The maximum atomic E-state index is 2.43. The van der Waals surface area contributed by atoms with Crippen LogP contribution in [0.2, 0.25) is 0 Å². The van der Waals surface area contributed by atoms with Crippen LogP contribution >= 0.6 is 0 Å². The van der Waals surface area contributed by atoms with Gasteiger partial charge in [-0.2, -0.15) is 0 Å². The summed E-state index contributed by atoms with van der Waals surface area (Å²) in [5.74, 6) is 0.888. The Bertz CT molecular complexity index is 113. The maximum Gasteiger partial charge on any atom is -0.0329 e. The van der Waals surface area contributed by atoms with Crippen LogP contribution in [0.25, 0.3) is 0 Å². The van der Waals surface area contributed by atoms with Crippen molar-refractivity contribution in [3.63, 3.8) is 0 Å². The molecule has 0 saturated heterocycles. The molecule has 0 fully saturated rings. The van der Waals surface area contributed by atoms with E-state index >= 15 is 0 Å². The predicted octanol–water partition coefficient (Wildman–Crippen LogP) is 5.03. The number of hydrogen-bond acceptors (Lipinski definition) is 0. The third-order valence-corrected chi connectivity index (χ3v) is 3.50. The quantitative estimate of drug-likeness (QED) is 0.520. The second-order valence-corrected chi connectivity index (χ2v) is 5.14. The zero-order chi connectivity index (χ0) is 10.3. The van der Waals surface area contributed by atoms with E-state index in [1.54, 1.807) is 0 Å². The first-order chi connectivity index (χ1) is 6.04. The summed E-state index contributed by atoms with van der Waals surface area (Å²) in [6.45, 7) is 11.9. The van der Waals surface area contributed by atoms with Crippen molar-refractivity contribution in [2.45, 2.75) is 73.1 Å². The fourth-order valence-electron chi connectivity index (χ4n) is 1.78. The predicted molar refractivity (Wildman–Crippen MR) is 62.0 cm³/mol. The lowest BCUT2D eigenvalue weighted by molar-refractivity contribution is 0.192. The van der Waals surface area contributed by atoms with E-state index in [0.29, 0.717) is 5.41 Å². The molecule has 0 aliphatic carbocycles. The van der Waals surface area contributed by atoms with Gasteiger partial charge >= 0.3 is 0 Å². The molecule has 0 aromatic heterocycles. The summed E-state index contributed by atoms with van der Waals surface area (Å²) in [6.07, 6.45) is 8.28. The van der Waals surface area contributed by atoms with Crippen LogP contribution in [-0.2, 0) is 0 Å². The van der Waals surface area contributed by atoms with E-state index < -0.39 is 0 Å². The van der Waals surface area contributed by atoms with Crippen LogP contribution in [0.4, 0.5) is 0 Å². The summed E-state index contributed by atoms with van der Waals surface area (Å²) in [5.41, 5.74) is 0.561. The van der Waals surface area contributed by atoms with Crippen LogP contribution in [0.3, 0.4) is 0 Å². The Balaban J connectivity index is 3.80. The van der Waals surface area contributed by atoms with Crippen molar-refractivity contribution >= 4 is 0 Å². The van der Waals surface area contributed by atoms with Crippen molar-refractivity contribution in [1.82, 2.24) is 0 Å². The average molecular weight is 184 g/mol. The molecule has 13 heavy (non-hydrogen) atoms. The number of rotatable bonds is 7. The van der Waals surface area contributed by atoms with Gasteiger partial charge in [0.1, 0.15) is 0 Å². The minimum atomic E-state index is 0.561. The van der Waals surface area contributed by atoms with Crippen molar-refractivity contribution in [3.8, 4) is 0 Å². The van der Waals surface area contributed by atoms with Crippen LogP contribution in [0, 0.1) is 11.3 Å². The van der Waals surface area contributed by atoms with E-state index in [1.807, 2.05) is 0 Å². The van der Waals surface area contributed by atoms with E-state index in [2.05, 4.69) is 34.6 Å². The topological polar surface area (TPSA) is 0 Å². The van der Waals surface area contributed by atoms with E-state index in [-0.39, 0.29) is 0 Å². The summed E-state index contributed by atoms with van der Waals surface area (Å²) in [5, 5.41) is 0. The van der Waals surface area contributed by atoms with Crippen LogP contribution < -0.4 is 0 Å². The SMILES string of the molecule is CCCCC(C)C(C)(C)CCCC. The first-order valence-electron chi connectivity index (χ1n) is 6.04. The molecule has 0 aromatic carbocycles. The zero-order valence-corrected chi connectivity index (χ0v) is 10.3. The maximum absolute atomic E-state index is 2.43. The molecule has 0 aliphatic rings. The van der Waals surface area contributed by atoms with Crippen molar-refractivity contribution in [3.05, 3.63) is 0 Å². The van der Waals surface area contributed by atoms with Gasteiger partial charge in [0.15, 0.2) is 0 Å². The molecule has 1 atom stereocenters. The summed E-state index contributed by atoms with van der Waals surface area (Å²) in [6, 6.07) is 0. The summed E-state index contributed by atoms with van der Waals surface area (Å²) < 4.78 is 0. The van der Waals surface area contributed by atoms with Gasteiger partial charge in [-0.3, -0.25) is 0 Å². The van der Waals surface area contributed by atoms with Crippen LogP contribution in [0.5, 0.6) is 0 Å². The summed E-state index contributed by atoms with van der Waals surface area (Å²) in [7, 11) is 0. The van der Waals surface area contributed by atoms with E-state index in [0.717, 1.165) is 5.92 Å². The highest BCUT2D eigenvalue weighted by Gasteiger charge is 2.24. The van der Waals surface area contributed by atoms with Gasteiger partial charge in [-0.1, -0.05) is 66.7 Å². The van der Waals surface area contributed by atoms with Crippen LogP contribution in [-0.4, -0.2) is 0 Å². The van der Waals surface area contributed by atoms with E-state index in [1.165, 1.54) is 38.5 Å². The van der Waals surface area contributed by atoms with Crippen LogP contribution in [0.15, 0.2) is 0 Å². The lowest BCUT2D eigenvalue weighted by atomic mass is 9.74. The normalized spacial score (nSPS) is 14.5. The number of unbranched alkanes of at least 4 members (excludes halogenated alkanes) is 2. The summed E-state index contributed by atoms with van der Waals surface area (Å²) >= 11 is 0. The molecule has 0 nitrogen and oxygen atoms in total. The Morgan fingerprint density at radius 3 is 2.00 bits per heavy atom. The fraction of sp³-hybridized carbons (Fsp3) is 1.00. The molecule has 0 spiro atoms. The molecule has 0 heterocycles. The highest BCUT2D eigenvalue weighted by molar-refractivity contribution is 4.74. The van der Waals surface area contributed by atoms with E-state index in [4.69, 9.17) is 0 Å². The highest BCUT2D eigenvalue weighted by atomic mass is 14.3. The van der Waals surface area contributed by atoms with Crippen molar-refractivity contribution < 1.29 is 0 Å². The molecule has 0 rings (SSSR count). The minimum Gasteiger partial charge on any atom is -0.0654 e. The van der Waals surface area contributed by atoms with Gasteiger partial charge in [0.2, 0.25) is 0 Å². The Morgan fingerprint density at radius 2 is 1.54 bits per heavy atom. The standard InChI is InChI=1S/C13H28/c1-6-8-10-12(3)13(4,5)11-9-7-2/h12H,6-11H2,1-5H3. The Kier molecular flexibility index (Phi) is 6.45. The van der Waals surface area contributed by atoms with Gasteiger partial charge in [-0.25, -0.2) is 0 Å². The third-order valence-electron chi connectivity index (χ3n) is 3.50. The first-order valence-corrected chi connectivity index (χ1v) is 6.04. The molecule has 0 saturated carbocycles. The molecule has 0 aromatic rings. The van der Waals surface area contributed by atoms with Gasteiger partial charge in [0, 0.05) is 0 Å². The number of hydrogen-bond donors (Lipinski definition) is 0. The molecule has 0 radical (unpaired) electrons. The molecule has 80 valence electrons.